The van der Waals surface area contributed by atoms with Gasteiger partial charge < -0.3 is 9.64 Å². The van der Waals surface area contributed by atoms with Crippen molar-refractivity contribution in [2.45, 2.75) is 39.3 Å². The molecule has 1 aliphatic rings. The monoisotopic (exact) mass is 247 g/mol. The second kappa shape index (κ2) is 5.89. The van der Waals surface area contributed by atoms with E-state index in [0.29, 0.717) is 18.6 Å². The number of carbonyl (C=O) groups is 1. The summed E-state index contributed by atoms with van der Waals surface area (Å²) in [5.74, 6) is 0.583. The smallest absolute Gasteiger partial charge is 0.410 e. The van der Waals surface area contributed by atoms with Crippen LogP contribution < -0.4 is 0 Å². The maximum absolute atomic E-state index is 12.0. The van der Waals surface area contributed by atoms with Crippen LogP contribution in [0.4, 0.5) is 4.79 Å². The second-order valence-electron chi connectivity index (χ2n) is 4.98. The zero-order valence-corrected chi connectivity index (χ0v) is 11.1. The van der Waals surface area contributed by atoms with E-state index in [1.165, 1.54) is 0 Å². The topological polar surface area (TPSA) is 29.5 Å². The molecule has 1 aliphatic heterocycles. The Kier molecular flexibility index (Phi) is 4.24. The quantitative estimate of drug-likeness (QED) is 0.818. The van der Waals surface area contributed by atoms with Gasteiger partial charge in [0.15, 0.2) is 0 Å². The van der Waals surface area contributed by atoms with Crippen LogP contribution in [0.3, 0.4) is 0 Å². The van der Waals surface area contributed by atoms with Crippen LogP contribution in [0.15, 0.2) is 30.3 Å². The van der Waals surface area contributed by atoms with Crippen LogP contribution >= 0.6 is 0 Å². The highest BCUT2D eigenvalue weighted by Crippen LogP contribution is 2.26. The molecule has 0 unspecified atom stereocenters. The summed E-state index contributed by atoms with van der Waals surface area (Å²) in [6.07, 6.45) is 1.91. The van der Waals surface area contributed by atoms with Crippen LogP contribution in [0.2, 0.25) is 0 Å². The molecule has 0 saturated carbocycles. The molecule has 1 aromatic rings. The van der Waals surface area contributed by atoms with Gasteiger partial charge in [0.2, 0.25) is 0 Å². The zero-order chi connectivity index (χ0) is 13.0. The summed E-state index contributed by atoms with van der Waals surface area (Å²) in [4.78, 5) is 13.9. The first kappa shape index (κ1) is 12.9. The number of hydrogen-bond donors (Lipinski definition) is 0. The van der Waals surface area contributed by atoms with E-state index in [-0.39, 0.29) is 6.09 Å². The van der Waals surface area contributed by atoms with E-state index >= 15 is 0 Å². The van der Waals surface area contributed by atoms with Crippen LogP contribution in [0.25, 0.3) is 0 Å². The molecule has 0 aromatic heterocycles. The summed E-state index contributed by atoms with van der Waals surface area (Å²) >= 11 is 0. The zero-order valence-electron chi connectivity index (χ0n) is 11.1. The Morgan fingerprint density at radius 1 is 1.39 bits per heavy atom. The SMILES string of the molecule is CC[C@@H]1[C@H](C)CCN1C(=O)OCc1ccccc1. The Bertz CT molecular complexity index is 391. The minimum absolute atomic E-state index is 0.171. The van der Waals surface area contributed by atoms with Crippen LogP contribution in [0.5, 0.6) is 0 Å². The predicted molar refractivity (Wildman–Crippen MR) is 71.2 cm³/mol. The molecular weight excluding hydrogens is 226 g/mol. The molecule has 3 nitrogen and oxygen atoms in total. The highest BCUT2D eigenvalue weighted by Gasteiger charge is 2.33. The molecule has 0 N–H and O–H groups in total. The third-order valence-electron chi connectivity index (χ3n) is 3.74. The molecule has 3 heteroatoms. The lowest BCUT2D eigenvalue weighted by Crippen LogP contribution is -2.37. The average Bonchev–Trinajstić information content (AvgIpc) is 2.78. The molecule has 0 spiro atoms. The number of benzene rings is 1. The standard InChI is InChI=1S/C15H21NO2/c1-3-14-12(2)9-10-16(14)15(17)18-11-13-7-5-4-6-8-13/h4-8,12,14H,3,9-11H2,1-2H3/t12-,14-/m1/s1. The normalized spacial score (nSPS) is 23.1. The highest BCUT2D eigenvalue weighted by molar-refractivity contribution is 5.68. The van der Waals surface area contributed by atoms with Gasteiger partial charge in [-0.15, -0.1) is 0 Å². The molecule has 1 aromatic carbocycles. The maximum atomic E-state index is 12.0. The number of carbonyl (C=O) groups excluding carboxylic acids is 1. The van der Waals surface area contributed by atoms with Gasteiger partial charge in [-0.25, -0.2) is 4.79 Å². The van der Waals surface area contributed by atoms with Gasteiger partial charge in [0.05, 0.1) is 0 Å². The minimum Gasteiger partial charge on any atom is -0.445 e. The number of nitrogens with zero attached hydrogens (tertiary/aromatic N) is 1. The fourth-order valence-electron chi connectivity index (χ4n) is 2.66. The lowest BCUT2D eigenvalue weighted by molar-refractivity contribution is 0.0883. The fraction of sp³-hybridized carbons (Fsp3) is 0.533. The molecule has 98 valence electrons. The van der Waals surface area contributed by atoms with Crippen LogP contribution in [-0.4, -0.2) is 23.6 Å². The van der Waals surface area contributed by atoms with E-state index in [1.54, 1.807) is 0 Å². The van der Waals surface area contributed by atoms with Crippen molar-refractivity contribution >= 4 is 6.09 Å². The summed E-state index contributed by atoms with van der Waals surface area (Å²) < 4.78 is 5.38. The Balaban J connectivity index is 1.88. The summed E-state index contributed by atoms with van der Waals surface area (Å²) in [6.45, 7) is 5.52. The third-order valence-corrected chi connectivity index (χ3v) is 3.74. The number of likely N-dealkylation sites (tertiary alicyclic amines) is 1. The van der Waals surface area contributed by atoms with Crippen molar-refractivity contribution in [3.05, 3.63) is 35.9 Å². The van der Waals surface area contributed by atoms with Crippen molar-refractivity contribution in [3.63, 3.8) is 0 Å². The predicted octanol–water partition coefficient (Wildman–Crippen LogP) is 3.44. The van der Waals surface area contributed by atoms with Gasteiger partial charge in [-0.2, -0.15) is 0 Å². The van der Waals surface area contributed by atoms with Crippen molar-refractivity contribution in [3.8, 4) is 0 Å². The van der Waals surface area contributed by atoms with E-state index in [1.807, 2.05) is 35.2 Å². The average molecular weight is 247 g/mol. The first-order valence-corrected chi connectivity index (χ1v) is 6.69. The third kappa shape index (κ3) is 2.84. The molecule has 0 bridgehead atoms. The molecule has 1 amide bonds. The van der Waals surface area contributed by atoms with Gasteiger partial charge >= 0.3 is 6.09 Å². The van der Waals surface area contributed by atoms with Crippen molar-refractivity contribution < 1.29 is 9.53 Å². The lowest BCUT2D eigenvalue weighted by Gasteiger charge is -2.25. The van der Waals surface area contributed by atoms with Crippen molar-refractivity contribution in [2.75, 3.05) is 6.54 Å². The van der Waals surface area contributed by atoms with Crippen LogP contribution in [0.1, 0.15) is 32.3 Å². The highest BCUT2D eigenvalue weighted by atomic mass is 16.6. The number of rotatable bonds is 3. The number of amides is 1. The van der Waals surface area contributed by atoms with Crippen molar-refractivity contribution in [2.24, 2.45) is 5.92 Å². The van der Waals surface area contributed by atoms with E-state index < -0.39 is 0 Å². The summed E-state index contributed by atoms with van der Waals surface area (Å²) in [7, 11) is 0. The molecular formula is C15H21NO2. The molecule has 2 rings (SSSR count). The number of ether oxygens (including phenoxy) is 1. The summed E-state index contributed by atoms with van der Waals surface area (Å²) in [6, 6.07) is 10.1. The first-order valence-electron chi connectivity index (χ1n) is 6.69. The molecule has 18 heavy (non-hydrogen) atoms. The van der Waals surface area contributed by atoms with Gasteiger partial charge in [-0.1, -0.05) is 44.2 Å². The second-order valence-corrected chi connectivity index (χ2v) is 4.98. The molecule has 0 aliphatic carbocycles. The van der Waals surface area contributed by atoms with Crippen LogP contribution in [-0.2, 0) is 11.3 Å². The Hall–Kier alpha value is -1.51. The van der Waals surface area contributed by atoms with E-state index in [4.69, 9.17) is 4.74 Å². The van der Waals surface area contributed by atoms with E-state index in [2.05, 4.69) is 13.8 Å². The van der Waals surface area contributed by atoms with Gasteiger partial charge in [-0.05, 0) is 24.3 Å². The maximum Gasteiger partial charge on any atom is 0.410 e. The fourth-order valence-corrected chi connectivity index (χ4v) is 2.66. The minimum atomic E-state index is -0.171. The largest absolute Gasteiger partial charge is 0.445 e. The van der Waals surface area contributed by atoms with Crippen LogP contribution in [0, 0.1) is 5.92 Å². The van der Waals surface area contributed by atoms with Gasteiger partial charge in [-0.3, -0.25) is 0 Å². The Labute approximate surface area is 109 Å². The molecule has 2 atom stereocenters. The summed E-state index contributed by atoms with van der Waals surface area (Å²) in [5, 5.41) is 0. The number of hydrogen-bond acceptors (Lipinski definition) is 2. The van der Waals surface area contributed by atoms with E-state index in [0.717, 1.165) is 24.9 Å². The Morgan fingerprint density at radius 3 is 2.78 bits per heavy atom. The summed E-state index contributed by atoms with van der Waals surface area (Å²) in [5.41, 5.74) is 1.03. The van der Waals surface area contributed by atoms with Gasteiger partial charge in [0.25, 0.3) is 0 Å². The van der Waals surface area contributed by atoms with Crippen molar-refractivity contribution in [1.82, 2.24) is 4.90 Å². The molecule has 0 radical (unpaired) electrons. The molecule has 1 heterocycles. The first-order chi connectivity index (χ1) is 8.72. The van der Waals surface area contributed by atoms with Crippen molar-refractivity contribution in [1.29, 1.82) is 0 Å². The lowest BCUT2D eigenvalue weighted by atomic mass is 10.0. The molecule has 1 saturated heterocycles. The molecule has 1 fully saturated rings. The van der Waals surface area contributed by atoms with E-state index in [9.17, 15) is 4.79 Å². The van der Waals surface area contributed by atoms with Gasteiger partial charge in [0, 0.05) is 12.6 Å². The van der Waals surface area contributed by atoms with Gasteiger partial charge in [0.1, 0.15) is 6.61 Å². The Morgan fingerprint density at radius 2 is 2.11 bits per heavy atom.